The molecule has 0 spiro atoms. The Labute approximate surface area is 35.5 Å². The van der Waals surface area contributed by atoms with Crippen LogP contribution < -0.4 is 0 Å². The lowest BCUT2D eigenvalue weighted by Crippen LogP contribution is -1.68. The van der Waals surface area contributed by atoms with Gasteiger partial charge in [-0.3, -0.25) is 0 Å². The van der Waals surface area contributed by atoms with E-state index in [1.54, 1.807) is 0 Å². The molecule has 30 valence electrons. The van der Waals surface area contributed by atoms with Crippen LogP contribution in [0.5, 0.6) is 0 Å². The van der Waals surface area contributed by atoms with Gasteiger partial charge in [0.2, 0.25) is 0 Å². The van der Waals surface area contributed by atoms with E-state index in [1.807, 2.05) is 0 Å². The van der Waals surface area contributed by atoms with Crippen LogP contribution in [-0.2, 0) is 4.74 Å². The smallest absolute Gasteiger partial charge is 0.151 e. The molecule has 6 heavy (non-hydrogen) atoms. The van der Waals surface area contributed by atoms with E-state index >= 15 is 0 Å². The zero-order chi connectivity index (χ0) is 4.24. The van der Waals surface area contributed by atoms with E-state index in [0.29, 0.717) is 0 Å². The van der Waals surface area contributed by atoms with Gasteiger partial charge in [0.15, 0.2) is 6.26 Å². The second-order valence-electron chi connectivity index (χ2n) is 0.797. The Kier molecular flexibility index (Phi) is 0.762. The molecule has 2 heteroatoms. The SMILES string of the molecule is C1=COC=CN=1. The van der Waals surface area contributed by atoms with Crippen LogP contribution in [0.15, 0.2) is 23.7 Å². The minimum atomic E-state index is 1.39. The van der Waals surface area contributed by atoms with Gasteiger partial charge in [-0.25, -0.2) is 4.99 Å². The molecule has 0 aromatic carbocycles. The molecule has 1 aliphatic rings. The Morgan fingerprint density at radius 3 is 2.83 bits per heavy atom. The average molecular weight is 81.1 g/mol. The first-order chi connectivity index (χ1) is 3.00. The third kappa shape index (κ3) is 0.476. The molecule has 0 radical (unpaired) electrons. The third-order valence-electron chi connectivity index (χ3n) is 0.409. The summed E-state index contributed by atoms with van der Waals surface area (Å²) in [6, 6.07) is 0. The van der Waals surface area contributed by atoms with E-state index in [2.05, 4.69) is 15.6 Å². The molecule has 0 unspecified atom stereocenters. The maximum atomic E-state index is 4.56. The number of ether oxygens (including phenoxy) is 1. The quantitative estimate of drug-likeness (QED) is 0.420. The molecule has 2 nitrogen and oxygen atoms in total. The molecular weight excluding hydrogens is 78.0 g/mol. The van der Waals surface area contributed by atoms with E-state index in [0.717, 1.165) is 0 Å². The number of nitrogens with zero attached hydrogens (tertiary/aromatic N) is 1. The normalized spacial score (nSPS) is 14.7. The van der Waals surface area contributed by atoms with Gasteiger partial charge in [-0.1, -0.05) is 0 Å². The molecule has 0 aromatic heterocycles. The van der Waals surface area contributed by atoms with Crippen LogP contribution in [0.4, 0.5) is 0 Å². The van der Waals surface area contributed by atoms with E-state index in [4.69, 9.17) is 0 Å². The van der Waals surface area contributed by atoms with Crippen molar-refractivity contribution >= 4 is 5.87 Å². The fourth-order valence-electron chi connectivity index (χ4n) is 0.209. The van der Waals surface area contributed by atoms with Gasteiger partial charge in [-0.15, -0.1) is 0 Å². The highest BCUT2D eigenvalue weighted by Crippen LogP contribution is 1.80. The van der Waals surface area contributed by atoms with Crippen molar-refractivity contribution in [1.82, 2.24) is 0 Å². The Hall–Kier alpha value is -1.01. The first-order valence-corrected chi connectivity index (χ1v) is 1.58. The van der Waals surface area contributed by atoms with Gasteiger partial charge < -0.3 is 4.74 Å². The number of hydrogen-bond donors (Lipinski definition) is 0. The van der Waals surface area contributed by atoms with E-state index < -0.39 is 0 Å². The maximum Gasteiger partial charge on any atom is 0.151 e. The molecule has 0 fully saturated rings. The number of rotatable bonds is 0. The molecule has 1 heterocycles. The Morgan fingerprint density at radius 2 is 2.67 bits per heavy atom. The van der Waals surface area contributed by atoms with Gasteiger partial charge in [0, 0.05) is 5.87 Å². The van der Waals surface area contributed by atoms with E-state index in [9.17, 15) is 0 Å². The molecule has 0 saturated heterocycles. The lowest BCUT2D eigenvalue weighted by atomic mass is 10.9. The van der Waals surface area contributed by atoms with Crippen molar-refractivity contribution in [3.8, 4) is 0 Å². The highest BCUT2D eigenvalue weighted by molar-refractivity contribution is 5.51. The standard InChI is InChI=1S/C4H3NO/c1-3-6-4-2-5-1/h1,3-4H. The second-order valence-corrected chi connectivity index (χ2v) is 0.797. The largest absolute Gasteiger partial charge is 0.461 e. The highest BCUT2D eigenvalue weighted by Gasteiger charge is 1.67. The topological polar surface area (TPSA) is 21.6 Å². The lowest BCUT2D eigenvalue weighted by Gasteiger charge is -1.83. The summed E-state index contributed by atoms with van der Waals surface area (Å²) in [5.74, 6) is 2.48. The molecule has 1 rings (SSSR count). The molecule has 0 atom stereocenters. The van der Waals surface area contributed by atoms with Crippen molar-refractivity contribution in [2.45, 2.75) is 0 Å². The average Bonchev–Trinajstić information content (AvgIpc) is 1.72. The zero-order valence-electron chi connectivity index (χ0n) is 3.09. The first kappa shape index (κ1) is 3.19. The molecule has 0 bridgehead atoms. The summed E-state index contributed by atoms with van der Waals surface area (Å²) in [4.78, 5) is 3.57. The molecule has 1 aliphatic heterocycles. The van der Waals surface area contributed by atoms with Crippen LogP contribution in [0.2, 0.25) is 0 Å². The second kappa shape index (κ2) is 1.43. The predicted octanol–water partition coefficient (Wildman–Crippen LogP) is 0.671. The van der Waals surface area contributed by atoms with Crippen LogP contribution >= 0.6 is 0 Å². The minimum absolute atomic E-state index is 1.39. The van der Waals surface area contributed by atoms with Crippen LogP contribution in [-0.4, -0.2) is 5.87 Å². The summed E-state index contributed by atoms with van der Waals surface area (Å²) >= 11 is 0. The summed E-state index contributed by atoms with van der Waals surface area (Å²) in [6.07, 6.45) is 4.40. The van der Waals surface area contributed by atoms with Crippen molar-refractivity contribution < 1.29 is 4.74 Å². The lowest BCUT2D eigenvalue weighted by molar-refractivity contribution is 0.405. The molecular formula is C4H3NO. The fraction of sp³-hybridized carbons (Fsp3) is 0. The summed E-state index contributed by atoms with van der Waals surface area (Å²) in [5.41, 5.74) is 0. The summed E-state index contributed by atoms with van der Waals surface area (Å²) in [6.45, 7) is 0. The van der Waals surface area contributed by atoms with Gasteiger partial charge in [0.25, 0.3) is 0 Å². The number of aliphatic imine (C=N–C) groups is 1. The monoisotopic (exact) mass is 81.0 g/mol. The van der Waals surface area contributed by atoms with Crippen molar-refractivity contribution in [3.05, 3.63) is 18.7 Å². The minimum Gasteiger partial charge on any atom is -0.461 e. The summed E-state index contributed by atoms with van der Waals surface area (Å²) < 4.78 is 4.56. The van der Waals surface area contributed by atoms with Crippen molar-refractivity contribution in [1.29, 1.82) is 0 Å². The number of hydrogen-bond acceptors (Lipinski definition) is 2. The predicted molar refractivity (Wildman–Crippen MR) is 22.2 cm³/mol. The summed E-state index contributed by atoms with van der Waals surface area (Å²) in [7, 11) is 0. The Bertz CT molecular complexity index is 120. The third-order valence-corrected chi connectivity index (χ3v) is 0.409. The van der Waals surface area contributed by atoms with Crippen molar-refractivity contribution in [2.24, 2.45) is 4.99 Å². The van der Waals surface area contributed by atoms with Crippen molar-refractivity contribution in [3.63, 3.8) is 0 Å². The van der Waals surface area contributed by atoms with Crippen LogP contribution in [0.3, 0.4) is 0 Å². The Morgan fingerprint density at radius 1 is 1.67 bits per heavy atom. The van der Waals surface area contributed by atoms with Crippen LogP contribution in [0.1, 0.15) is 0 Å². The Balaban J connectivity index is 2.78. The molecule has 0 amide bonds. The first-order valence-electron chi connectivity index (χ1n) is 1.58. The fourth-order valence-corrected chi connectivity index (χ4v) is 0.209. The molecule has 0 N–H and O–H groups in total. The van der Waals surface area contributed by atoms with Crippen LogP contribution in [0.25, 0.3) is 0 Å². The van der Waals surface area contributed by atoms with E-state index in [-0.39, 0.29) is 0 Å². The van der Waals surface area contributed by atoms with Gasteiger partial charge in [0.05, 0.1) is 6.20 Å². The van der Waals surface area contributed by atoms with Gasteiger partial charge >= 0.3 is 0 Å². The van der Waals surface area contributed by atoms with Gasteiger partial charge in [-0.2, -0.15) is 0 Å². The highest BCUT2D eigenvalue weighted by atomic mass is 16.5. The molecule has 0 aliphatic carbocycles. The zero-order valence-corrected chi connectivity index (χ0v) is 3.09. The molecule has 0 aromatic rings. The summed E-state index contributed by atoms with van der Waals surface area (Å²) in [5, 5.41) is 0. The van der Waals surface area contributed by atoms with Crippen molar-refractivity contribution in [2.75, 3.05) is 0 Å². The van der Waals surface area contributed by atoms with E-state index in [1.165, 1.54) is 18.7 Å². The van der Waals surface area contributed by atoms with Crippen LogP contribution in [0, 0.1) is 0 Å². The maximum absolute atomic E-state index is 4.56. The van der Waals surface area contributed by atoms with Gasteiger partial charge in [0.1, 0.15) is 6.26 Å². The van der Waals surface area contributed by atoms with Gasteiger partial charge in [-0.05, 0) is 0 Å². The molecule has 0 saturated carbocycles.